The molecule has 0 aliphatic carbocycles. The summed E-state index contributed by atoms with van der Waals surface area (Å²) in [7, 11) is 0. The van der Waals surface area contributed by atoms with Gasteiger partial charge in [0.05, 0.1) is 6.61 Å². The summed E-state index contributed by atoms with van der Waals surface area (Å²) in [5.74, 6) is 4.94. The molecule has 0 aliphatic heterocycles. The third-order valence-corrected chi connectivity index (χ3v) is 2.55. The van der Waals surface area contributed by atoms with Gasteiger partial charge in [-0.1, -0.05) is 0 Å². The molecule has 0 atom stereocenters. The molecule has 0 radical (unpaired) electrons. The molecule has 0 aromatic carbocycles. The van der Waals surface area contributed by atoms with Crippen molar-refractivity contribution in [2.75, 3.05) is 0 Å². The van der Waals surface area contributed by atoms with Crippen LogP contribution in [0, 0.1) is 0 Å². The van der Waals surface area contributed by atoms with Crippen molar-refractivity contribution in [3.63, 3.8) is 0 Å². The number of rotatable bonds is 2. The van der Waals surface area contributed by atoms with Gasteiger partial charge >= 0.3 is 0 Å². The van der Waals surface area contributed by atoms with Crippen molar-refractivity contribution in [3.8, 4) is 0 Å². The smallest absolute Gasteiger partial charge is 0.0953 e. The molecule has 0 fully saturated rings. The molecule has 2 N–H and O–H groups in total. The van der Waals surface area contributed by atoms with Crippen LogP contribution in [0.15, 0.2) is 21.3 Å². The van der Waals surface area contributed by atoms with E-state index in [0.717, 1.165) is 14.5 Å². The van der Waals surface area contributed by atoms with Gasteiger partial charge in [-0.2, -0.15) is 0 Å². The largest absolute Gasteiger partial charge is 0.300 e. The summed E-state index contributed by atoms with van der Waals surface area (Å²) in [5, 5.41) is 0. The molecule has 1 rings (SSSR count). The van der Waals surface area contributed by atoms with Crippen molar-refractivity contribution in [1.82, 2.24) is 4.98 Å². The van der Waals surface area contributed by atoms with Crippen molar-refractivity contribution in [1.29, 1.82) is 0 Å². The molecule has 5 heteroatoms. The molecule has 0 saturated carbocycles. The van der Waals surface area contributed by atoms with Crippen LogP contribution in [-0.4, -0.2) is 4.98 Å². The monoisotopic (exact) mass is 280 g/mol. The highest BCUT2D eigenvalue weighted by Crippen LogP contribution is 2.23. The van der Waals surface area contributed by atoms with Gasteiger partial charge in [0.2, 0.25) is 0 Å². The highest BCUT2D eigenvalue weighted by molar-refractivity contribution is 9.11. The van der Waals surface area contributed by atoms with Gasteiger partial charge in [0.25, 0.3) is 0 Å². The van der Waals surface area contributed by atoms with Gasteiger partial charge in [0.1, 0.15) is 0 Å². The van der Waals surface area contributed by atoms with Crippen molar-refractivity contribution < 1.29 is 4.84 Å². The summed E-state index contributed by atoms with van der Waals surface area (Å²) in [6.07, 6.45) is 3.39. The van der Waals surface area contributed by atoms with Gasteiger partial charge in [-0.25, -0.2) is 5.90 Å². The molecule has 0 unspecified atom stereocenters. The molecule has 0 spiro atoms. The molecule has 0 amide bonds. The minimum absolute atomic E-state index is 0.365. The van der Waals surface area contributed by atoms with E-state index in [2.05, 4.69) is 41.7 Å². The predicted molar refractivity (Wildman–Crippen MR) is 48.6 cm³/mol. The highest BCUT2D eigenvalue weighted by atomic mass is 79.9. The molecule has 0 saturated heterocycles. The van der Waals surface area contributed by atoms with Gasteiger partial charge in [-0.15, -0.1) is 0 Å². The fraction of sp³-hybridized carbons (Fsp3) is 0.167. The lowest BCUT2D eigenvalue weighted by Crippen LogP contribution is -2.00. The molecule has 60 valence electrons. The summed E-state index contributed by atoms with van der Waals surface area (Å²) in [6.45, 7) is 0.365. The van der Waals surface area contributed by atoms with E-state index < -0.39 is 0 Å². The molecule has 0 bridgehead atoms. The predicted octanol–water partition coefficient (Wildman–Crippen LogP) is 2.00. The lowest BCUT2D eigenvalue weighted by molar-refractivity contribution is 0.123. The van der Waals surface area contributed by atoms with Gasteiger partial charge in [-0.05, 0) is 31.9 Å². The van der Waals surface area contributed by atoms with Crippen LogP contribution in [0.4, 0.5) is 0 Å². The third kappa shape index (κ3) is 2.23. The van der Waals surface area contributed by atoms with E-state index in [9.17, 15) is 0 Å². The SMILES string of the molecule is NOCc1c(Br)cncc1Br. The molecule has 0 aliphatic rings. The third-order valence-electron chi connectivity index (χ3n) is 1.18. The zero-order valence-corrected chi connectivity index (χ0v) is 8.72. The number of halogens is 2. The lowest BCUT2D eigenvalue weighted by atomic mass is 10.3. The second kappa shape index (κ2) is 4.15. The second-order valence-corrected chi connectivity index (χ2v) is 3.60. The minimum atomic E-state index is 0.365. The minimum Gasteiger partial charge on any atom is -0.300 e. The first kappa shape index (κ1) is 9.12. The van der Waals surface area contributed by atoms with E-state index in [0.29, 0.717) is 6.61 Å². The molecular formula is C6H6Br2N2O. The van der Waals surface area contributed by atoms with E-state index >= 15 is 0 Å². The Kier molecular flexibility index (Phi) is 3.45. The maximum absolute atomic E-state index is 4.94. The van der Waals surface area contributed by atoms with Crippen LogP contribution in [0.2, 0.25) is 0 Å². The number of nitrogens with two attached hydrogens (primary N) is 1. The Hall–Kier alpha value is 0.0300. The highest BCUT2D eigenvalue weighted by Gasteiger charge is 2.03. The summed E-state index contributed by atoms with van der Waals surface area (Å²) in [4.78, 5) is 8.44. The van der Waals surface area contributed by atoms with Crippen LogP contribution in [0.3, 0.4) is 0 Å². The van der Waals surface area contributed by atoms with Crippen molar-refractivity contribution in [2.45, 2.75) is 6.61 Å². The number of hydrogen-bond acceptors (Lipinski definition) is 3. The summed E-state index contributed by atoms with van der Waals surface area (Å²) in [6, 6.07) is 0. The maximum atomic E-state index is 4.94. The fourth-order valence-electron chi connectivity index (χ4n) is 0.659. The van der Waals surface area contributed by atoms with E-state index in [-0.39, 0.29) is 0 Å². The van der Waals surface area contributed by atoms with Crippen LogP contribution in [-0.2, 0) is 11.4 Å². The quantitative estimate of drug-likeness (QED) is 0.844. The van der Waals surface area contributed by atoms with E-state index in [1.807, 2.05) is 0 Å². The van der Waals surface area contributed by atoms with Gasteiger partial charge in [-0.3, -0.25) is 9.82 Å². The van der Waals surface area contributed by atoms with Crippen molar-refractivity contribution in [2.24, 2.45) is 5.90 Å². The van der Waals surface area contributed by atoms with Crippen LogP contribution >= 0.6 is 31.9 Å². The Bertz CT molecular complexity index is 234. The van der Waals surface area contributed by atoms with E-state index in [1.165, 1.54) is 0 Å². The van der Waals surface area contributed by atoms with Crippen LogP contribution in [0.25, 0.3) is 0 Å². The summed E-state index contributed by atoms with van der Waals surface area (Å²) in [5.41, 5.74) is 0.961. The zero-order chi connectivity index (χ0) is 8.27. The Morgan fingerprint density at radius 1 is 1.36 bits per heavy atom. The Morgan fingerprint density at radius 2 is 1.91 bits per heavy atom. The lowest BCUT2D eigenvalue weighted by Gasteiger charge is -2.03. The zero-order valence-electron chi connectivity index (χ0n) is 5.55. The standard InChI is InChI=1S/C6H6Br2N2O/c7-5-1-10-2-6(8)4(5)3-11-9/h1-2H,3,9H2. The van der Waals surface area contributed by atoms with Gasteiger partial charge < -0.3 is 0 Å². The number of hydrogen-bond donors (Lipinski definition) is 1. The summed E-state index contributed by atoms with van der Waals surface area (Å²) < 4.78 is 1.77. The molecule has 3 nitrogen and oxygen atoms in total. The van der Waals surface area contributed by atoms with E-state index in [4.69, 9.17) is 5.90 Å². The molecular weight excluding hydrogens is 276 g/mol. The molecule has 1 aromatic rings. The number of aromatic nitrogens is 1. The average Bonchev–Trinajstić information content (AvgIpc) is 1.97. The molecule has 1 heterocycles. The van der Waals surface area contributed by atoms with Crippen molar-refractivity contribution >= 4 is 31.9 Å². The normalized spacial score (nSPS) is 10.1. The number of pyridine rings is 1. The van der Waals surface area contributed by atoms with E-state index in [1.54, 1.807) is 12.4 Å². The van der Waals surface area contributed by atoms with Crippen LogP contribution in [0.1, 0.15) is 5.56 Å². The summed E-state index contributed by atoms with van der Waals surface area (Å²) >= 11 is 6.64. The Balaban J connectivity index is 3.00. The van der Waals surface area contributed by atoms with Gasteiger partial charge in [0, 0.05) is 26.9 Å². The first-order chi connectivity index (χ1) is 5.25. The molecule has 1 aromatic heterocycles. The van der Waals surface area contributed by atoms with Crippen LogP contribution in [0.5, 0.6) is 0 Å². The Morgan fingerprint density at radius 3 is 2.36 bits per heavy atom. The van der Waals surface area contributed by atoms with Crippen molar-refractivity contribution in [3.05, 3.63) is 26.9 Å². The first-order valence-corrected chi connectivity index (χ1v) is 4.44. The second-order valence-electron chi connectivity index (χ2n) is 1.89. The van der Waals surface area contributed by atoms with Gasteiger partial charge in [0.15, 0.2) is 0 Å². The topological polar surface area (TPSA) is 48.1 Å². The Labute approximate surface area is 81.2 Å². The van der Waals surface area contributed by atoms with Crippen LogP contribution < -0.4 is 5.90 Å². The fourth-order valence-corrected chi connectivity index (χ4v) is 1.82. The average molecular weight is 282 g/mol. The number of nitrogens with zero attached hydrogens (tertiary/aromatic N) is 1. The molecule has 11 heavy (non-hydrogen) atoms. The first-order valence-electron chi connectivity index (χ1n) is 2.85. The maximum Gasteiger partial charge on any atom is 0.0953 e.